The Labute approximate surface area is 79.4 Å². The summed E-state index contributed by atoms with van der Waals surface area (Å²) < 4.78 is 0.658. The van der Waals surface area contributed by atoms with E-state index in [1.54, 1.807) is 0 Å². The molecule has 0 aromatic carbocycles. The molecule has 64 valence electrons. The molecule has 2 heterocycles. The Morgan fingerprint density at radius 2 is 2.17 bits per heavy atom. The number of aliphatic imine (C=N–C) groups is 2. The van der Waals surface area contributed by atoms with E-state index in [9.17, 15) is 0 Å². The Bertz CT molecular complexity index is 305. The molecule has 0 N–H and O–H groups in total. The summed E-state index contributed by atoms with van der Waals surface area (Å²) in [6, 6.07) is 0. The van der Waals surface area contributed by atoms with Gasteiger partial charge >= 0.3 is 0 Å². The largest absolute Gasteiger partial charge is 0.361 e. The fourth-order valence-electron chi connectivity index (χ4n) is 1.34. The first-order valence-electron chi connectivity index (χ1n) is 3.63. The van der Waals surface area contributed by atoms with Crippen LogP contribution in [0.25, 0.3) is 0 Å². The molecule has 0 amide bonds. The molecule has 2 aliphatic heterocycles. The number of amidine groups is 2. The maximum Gasteiger partial charge on any atom is 0.199 e. The predicted molar refractivity (Wildman–Crippen MR) is 52.3 cm³/mol. The Hall–Kier alpha value is -0.840. The Morgan fingerprint density at radius 3 is 2.92 bits per heavy atom. The lowest BCUT2D eigenvalue weighted by Gasteiger charge is -2.29. The number of likely N-dealkylation sites (N-methyl/N-ethyl adjacent to an activating group) is 1. The third-order valence-corrected chi connectivity index (χ3v) is 2.13. The summed E-state index contributed by atoms with van der Waals surface area (Å²) in [7, 11) is 4.02. The third-order valence-electron chi connectivity index (χ3n) is 1.78. The van der Waals surface area contributed by atoms with Gasteiger partial charge in [0.25, 0.3) is 0 Å². The van der Waals surface area contributed by atoms with Crippen LogP contribution in [0.2, 0.25) is 0 Å². The van der Waals surface area contributed by atoms with E-state index < -0.39 is 0 Å². The van der Waals surface area contributed by atoms with Crippen molar-refractivity contribution < 1.29 is 0 Å². The lowest BCUT2D eigenvalue weighted by molar-refractivity contribution is 0.304. The van der Waals surface area contributed by atoms with Crippen LogP contribution in [0.15, 0.2) is 21.9 Å². The second-order valence-electron chi connectivity index (χ2n) is 2.93. The fourth-order valence-corrected chi connectivity index (χ4v) is 1.70. The van der Waals surface area contributed by atoms with Crippen LogP contribution >= 0.6 is 15.9 Å². The average Bonchev–Trinajstić information content (AvgIpc) is 2.29. The summed E-state index contributed by atoms with van der Waals surface area (Å²) in [6.45, 7) is 0.859. The van der Waals surface area contributed by atoms with E-state index in [2.05, 4.69) is 35.7 Å². The van der Waals surface area contributed by atoms with Gasteiger partial charge in [-0.05, 0) is 15.9 Å². The molecule has 0 aromatic rings. The van der Waals surface area contributed by atoms with Crippen molar-refractivity contribution in [3.8, 4) is 0 Å². The summed E-state index contributed by atoms with van der Waals surface area (Å²) in [5.74, 6) is 0.944. The van der Waals surface area contributed by atoms with Gasteiger partial charge < -0.3 is 9.80 Å². The van der Waals surface area contributed by atoms with Crippen molar-refractivity contribution in [1.82, 2.24) is 9.80 Å². The topological polar surface area (TPSA) is 31.2 Å². The van der Waals surface area contributed by atoms with E-state index in [0.29, 0.717) is 4.74 Å². The molecule has 2 aliphatic rings. The van der Waals surface area contributed by atoms with E-state index in [4.69, 9.17) is 0 Å². The quantitative estimate of drug-likeness (QED) is 0.576. The third kappa shape index (κ3) is 1.14. The summed E-state index contributed by atoms with van der Waals surface area (Å²) in [6.07, 6.45) is 1.99. The van der Waals surface area contributed by atoms with Gasteiger partial charge in [0.2, 0.25) is 0 Å². The van der Waals surface area contributed by atoms with E-state index in [0.717, 1.165) is 18.2 Å². The van der Waals surface area contributed by atoms with Crippen molar-refractivity contribution in [2.24, 2.45) is 9.98 Å². The minimum atomic E-state index is 0.658. The van der Waals surface area contributed by atoms with Crippen LogP contribution in [0.4, 0.5) is 0 Å². The first kappa shape index (κ1) is 7.79. The highest BCUT2D eigenvalue weighted by Crippen LogP contribution is 2.19. The lowest BCUT2D eigenvalue weighted by atomic mass is 10.3. The van der Waals surface area contributed by atoms with Crippen LogP contribution in [0.5, 0.6) is 0 Å². The second-order valence-corrected chi connectivity index (χ2v) is 3.64. The van der Waals surface area contributed by atoms with E-state index in [1.807, 2.05) is 20.3 Å². The molecule has 2 rings (SSSR count). The molecule has 0 radical (unpaired) electrons. The molecular formula is C7H9BrN4. The highest BCUT2D eigenvalue weighted by atomic mass is 79.9. The summed E-state index contributed by atoms with van der Waals surface area (Å²) in [5, 5.41) is 0. The molecule has 0 atom stereocenters. The van der Waals surface area contributed by atoms with Crippen molar-refractivity contribution in [2.45, 2.75) is 0 Å². The van der Waals surface area contributed by atoms with Crippen LogP contribution in [-0.4, -0.2) is 41.1 Å². The zero-order valence-electron chi connectivity index (χ0n) is 6.95. The first-order chi connectivity index (χ1) is 5.66. The van der Waals surface area contributed by atoms with Crippen molar-refractivity contribution in [1.29, 1.82) is 0 Å². The lowest BCUT2D eigenvalue weighted by Crippen LogP contribution is -2.39. The first-order valence-corrected chi connectivity index (χ1v) is 4.42. The molecule has 0 saturated carbocycles. The van der Waals surface area contributed by atoms with Crippen molar-refractivity contribution >= 4 is 26.5 Å². The van der Waals surface area contributed by atoms with E-state index in [1.165, 1.54) is 0 Å². The van der Waals surface area contributed by atoms with Gasteiger partial charge in [-0.1, -0.05) is 0 Å². The number of hydrogen-bond acceptors (Lipinski definition) is 4. The Balaban J connectivity index is 2.40. The van der Waals surface area contributed by atoms with E-state index >= 15 is 0 Å². The molecule has 0 aliphatic carbocycles. The van der Waals surface area contributed by atoms with Gasteiger partial charge in [0.1, 0.15) is 5.70 Å². The van der Waals surface area contributed by atoms with Gasteiger partial charge in [0.15, 0.2) is 10.6 Å². The molecule has 0 aromatic heterocycles. The number of hydrogen-bond donors (Lipinski definition) is 0. The Kier molecular flexibility index (Phi) is 1.68. The van der Waals surface area contributed by atoms with Gasteiger partial charge in [-0.15, -0.1) is 0 Å². The summed E-state index contributed by atoms with van der Waals surface area (Å²) >= 11 is 3.25. The minimum Gasteiger partial charge on any atom is -0.361 e. The monoisotopic (exact) mass is 228 g/mol. The smallest absolute Gasteiger partial charge is 0.199 e. The maximum absolute atomic E-state index is 4.24. The molecule has 4 nitrogen and oxygen atoms in total. The van der Waals surface area contributed by atoms with Crippen molar-refractivity contribution in [2.75, 3.05) is 20.8 Å². The molecule has 0 unspecified atom stereocenters. The molecule has 0 spiro atoms. The fraction of sp³-hybridized carbons (Fsp3) is 0.429. The van der Waals surface area contributed by atoms with Gasteiger partial charge in [-0.3, -0.25) is 0 Å². The van der Waals surface area contributed by atoms with Gasteiger partial charge in [-0.2, -0.15) is 0 Å². The van der Waals surface area contributed by atoms with Crippen LogP contribution in [0.3, 0.4) is 0 Å². The minimum absolute atomic E-state index is 0.658. The number of fused-ring (bicyclic) bond motifs is 1. The highest BCUT2D eigenvalue weighted by Gasteiger charge is 2.23. The normalized spacial score (nSPS) is 21.8. The second kappa shape index (κ2) is 2.58. The van der Waals surface area contributed by atoms with Crippen LogP contribution < -0.4 is 0 Å². The maximum atomic E-state index is 4.24. The van der Waals surface area contributed by atoms with Crippen LogP contribution in [-0.2, 0) is 0 Å². The summed E-state index contributed by atoms with van der Waals surface area (Å²) in [5.41, 5.74) is 0.929. The zero-order chi connectivity index (χ0) is 8.72. The van der Waals surface area contributed by atoms with Crippen molar-refractivity contribution in [3.63, 3.8) is 0 Å². The molecular weight excluding hydrogens is 220 g/mol. The zero-order valence-corrected chi connectivity index (χ0v) is 8.54. The van der Waals surface area contributed by atoms with Gasteiger partial charge in [-0.25, -0.2) is 9.98 Å². The average molecular weight is 229 g/mol. The number of nitrogens with zero attached hydrogens (tertiary/aromatic N) is 4. The number of rotatable bonds is 0. The van der Waals surface area contributed by atoms with Crippen molar-refractivity contribution in [3.05, 3.63) is 11.9 Å². The highest BCUT2D eigenvalue weighted by molar-refractivity contribution is 9.18. The van der Waals surface area contributed by atoms with Gasteiger partial charge in [0.05, 0.1) is 6.67 Å². The molecule has 0 bridgehead atoms. The SMILES string of the molecule is CN1C=C2N=C(Br)N=C2N(C)C1. The van der Waals surface area contributed by atoms with Crippen LogP contribution in [0.1, 0.15) is 0 Å². The predicted octanol–water partition coefficient (Wildman–Crippen LogP) is 0.826. The Morgan fingerprint density at radius 1 is 1.42 bits per heavy atom. The van der Waals surface area contributed by atoms with E-state index in [-0.39, 0.29) is 0 Å². The van der Waals surface area contributed by atoms with Crippen LogP contribution in [0, 0.1) is 0 Å². The molecule has 12 heavy (non-hydrogen) atoms. The molecule has 5 heteroatoms. The standard InChI is InChI=1S/C7H9BrN4/c1-11-3-5-6(12(2)4-11)10-7(8)9-5/h3H,4H2,1-2H3. The summed E-state index contributed by atoms with van der Waals surface area (Å²) in [4.78, 5) is 12.6. The molecule has 0 saturated heterocycles. The van der Waals surface area contributed by atoms with Gasteiger partial charge in [0, 0.05) is 20.3 Å². The number of halogens is 1. The molecule has 0 fully saturated rings.